The van der Waals surface area contributed by atoms with Gasteiger partial charge in [0.2, 0.25) is 0 Å². The van der Waals surface area contributed by atoms with Gasteiger partial charge in [0.05, 0.1) is 17.8 Å². The Morgan fingerprint density at radius 1 is 0.863 bits per heavy atom. The van der Waals surface area contributed by atoms with Crippen LogP contribution in [0.25, 0.3) is 0 Å². The number of epoxide rings is 1. The quantitative estimate of drug-likeness (QED) is 0.153. The highest BCUT2D eigenvalue weighted by Crippen LogP contribution is 2.91. The second kappa shape index (κ2) is 12.3. The van der Waals surface area contributed by atoms with Crippen LogP contribution in [-0.4, -0.2) is 99.7 Å². The van der Waals surface area contributed by atoms with Gasteiger partial charge in [-0.1, -0.05) is 34.6 Å². The fraction of sp³-hybridized carbons (Fsp3) is 0.950. The molecule has 11 heteroatoms. The fourth-order valence-corrected chi connectivity index (χ4v) is 14.1. The predicted molar refractivity (Wildman–Crippen MR) is 185 cm³/mol. The Labute approximate surface area is 303 Å². The van der Waals surface area contributed by atoms with Crippen molar-refractivity contribution in [2.24, 2.45) is 50.7 Å². The monoisotopic (exact) mass is 720 g/mol. The van der Waals surface area contributed by atoms with Crippen molar-refractivity contribution in [3.63, 3.8) is 0 Å². The molecule has 11 nitrogen and oxygen atoms in total. The second-order valence-electron chi connectivity index (χ2n) is 19.6. The van der Waals surface area contributed by atoms with E-state index in [4.69, 9.17) is 23.7 Å². The number of aliphatic hydroxyl groups excluding tert-OH is 4. The first-order valence-electron chi connectivity index (χ1n) is 19.7. The molecule has 2 aliphatic heterocycles. The number of rotatable bonds is 9. The zero-order chi connectivity index (χ0) is 37.3. The first-order chi connectivity index (χ1) is 23.7. The van der Waals surface area contributed by atoms with Gasteiger partial charge in [0.25, 0.3) is 0 Å². The van der Waals surface area contributed by atoms with Gasteiger partial charge in [0.15, 0.2) is 6.29 Å². The first-order valence-corrected chi connectivity index (χ1v) is 19.7. The Hall–Kier alpha value is -1.34. The summed E-state index contributed by atoms with van der Waals surface area (Å²) in [5, 5.41) is 44.3. The molecule has 17 atom stereocenters. The van der Waals surface area contributed by atoms with Gasteiger partial charge >= 0.3 is 11.9 Å². The molecule has 0 spiro atoms. The summed E-state index contributed by atoms with van der Waals surface area (Å²) in [5.74, 6) is 0.407. The molecular weight excluding hydrogens is 656 g/mol. The van der Waals surface area contributed by atoms with Crippen molar-refractivity contribution in [2.75, 3.05) is 6.61 Å². The van der Waals surface area contributed by atoms with Gasteiger partial charge < -0.3 is 44.1 Å². The third kappa shape index (κ3) is 5.51. The molecule has 2 saturated heterocycles. The summed E-state index contributed by atoms with van der Waals surface area (Å²) in [4.78, 5) is 23.9. The molecule has 51 heavy (non-hydrogen) atoms. The molecule has 4 N–H and O–H groups in total. The van der Waals surface area contributed by atoms with E-state index >= 15 is 0 Å². The molecule has 5 saturated carbocycles. The summed E-state index contributed by atoms with van der Waals surface area (Å²) in [7, 11) is 0. The summed E-state index contributed by atoms with van der Waals surface area (Å²) < 4.78 is 30.2. The Morgan fingerprint density at radius 2 is 1.55 bits per heavy atom. The van der Waals surface area contributed by atoms with E-state index in [0.29, 0.717) is 24.7 Å². The van der Waals surface area contributed by atoms with E-state index in [-0.39, 0.29) is 75.4 Å². The number of fused-ring (bicyclic) bond motifs is 3. The Kier molecular flexibility index (Phi) is 9.18. The lowest BCUT2D eigenvalue weighted by Gasteiger charge is -2.69. The smallest absolute Gasteiger partial charge is 0.302 e. The summed E-state index contributed by atoms with van der Waals surface area (Å²) in [6, 6.07) is 0. The van der Waals surface area contributed by atoms with Crippen molar-refractivity contribution < 1.29 is 53.7 Å². The lowest BCUT2D eigenvalue weighted by Crippen LogP contribution is -2.68. The van der Waals surface area contributed by atoms with E-state index in [1.807, 2.05) is 13.8 Å². The number of hydrogen-bond acceptors (Lipinski definition) is 11. The van der Waals surface area contributed by atoms with Gasteiger partial charge in [-0.05, 0) is 112 Å². The average molecular weight is 721 g/mol. The van der Waals surface area contributed by atoms with Crippen molar-refractivity contribution in [3.05, 3.63) is 0 Å². The van der Waals surface area contributed by atoms with Crippen molar-refractivity contribution in [2.45, 2.75) is 181 Å². The number of ether oxygens (including phenoxy) is 5. The summed E-state index contributed by atoms with van der Waals surface area (Å²) in [5.41, 5.74) is -0.829. The first kappa shape index (κ1) is 38.0. The molecule has 0 aromatic heterocycles. The molecule has 0 aromatic rings. The highest BCUT2D eigenvalue weighted by atomic mass is 16.7. The van der Waals surface area contributed by atoms with Crippen LogP contribution in [0.2, 0.25) is 0 Å². The SMILES string of the molecule is CC(=O)OC[C@H]1O[C@@H](O[C@@H]2C[C@H]3C(C)(C)[C@H](OC(C)=O)CC[C@]3(C)[C@H]3CC[C@]45C[C@]4(CC[C@H]5[C@@H](C)C[C@@H](O)[C@@H]4OC4(C)C)[C@@]32C)[C@H](O)[C@@H](O)[C@@H]1O. The van der Waals surface area contributed by atoms with Gasteiger partial charge in [-0.25, -0.2) is 0 Å². The van der Waals surface area contributed by atoms with E-state index < -0.39 is 42.8 Å². The molecule has 5 aliphatic carbocycles. The normalized spacial score (nSPS) is 51.5. The van der Waals surface area contributed by atoms with E-state index in [9.17, 15) is 30.0 Å². The van der Waals surface area contributed by atoms with Crippen molar-refractivity contribution in [1.82, 2.24) is 0 Å². The van der Waals surface area contributed by atoms with E-state index in [2.05, 4.69) is 34.6 Å². The van der Waals surface area contributed by atoms with Crippen LogP contribution in [0.4, 0.5) is 0 Å². The molecule has 7 fully saturated rings. The Balaban J connectivity index is 1.23. The van der Waals surface area contributed by atoms with Crippen LogP contribution >= 0.6 is 0 Å². The van der Waals surface area contributed by atoms with Crippen molar-refractivity contribution in [3.8, 4) is 0 Å². The van der Waals surface area contributed by atoms with Gasteiger partial charge in [0, 0.05) is 24.7 Å². The van der Waals surface area contributed by atoms with Gasteiger partial charge in [0.1, 0.15) is 43.2 Å². The zero-order valence-corrected chi connectivity index (χ0v) is 32.2. The van der Waals surface area contributed by atoms with Crippen LogP contribution in [0, 0.1) is 50.7 Å². The second-order valence-corrected chi connectivity index (χ2v) is 19.6. The molecular formula is C40H64O11. The van der Waals surface area contributed by atoms with Crippen LogP contribution in [0.3, 0.4) is 0 Å². The molecule has 0 amide bonds. The minimum Gasteiger partial charge on any atom is -0.463 e. The van der Waals surface area contributed by atoms with Gasteiger partial charge in [-0.15, -0.1) is 0 Å². The maximum atomic E-state index is 12.3. The van der Waals surface area contributed by atoms with Crippen LogP contribution in [-0.2, 0) is 33.3 Å². The summed E-state index contributed by atoms with van der Waals surface area (Å²) in [6.45, 7) is 18.2. The summed E-state index contributed by atoms with van der Waals surface area (Å²) >= 11 is 0. The fourth-order valence-electron chi connectivity index (χ4n) is 14.1. The van der Waals surface area contributed by atoms with Crippen LogP contribution < -0.4 is 0 Å². The van der Waals surface area contributed by atoms with Crippen LogP contribution in [0.15, 0.2) is 0 Å². The Bertz CT molecular complexity index is 1380. The predicted octanol–water partition coefficient (Wildman–Crippen LogP) is 4.29. The minimum absolute atomic E-state index is 0.00651. The third-order valence-corrected chi connectivity index (χ3v) is 16.5. The van der Waals surface area contributed by atoms with Crippen LogP contribution in [0.1, 0.15) is 120 Å². The molecule has 290 valence electrons. The number of carbonyl (C=O) groups is 2. The number of aliphatic hydroxyl groups is 4. The molecule has 7 aliphatic rings. The number of esters is 2. The summed E-state index contributed by atoms with van der Waals surface area (Å²) in [6.07, 6.45) is 0.542. The standard InChI is InChI=1S/C40H64O11/c1-20(16-24(43)33-36(6,7)51-33)23-10-15-40-19-39(23,40)14-11-26-37(8)13-12-28(48-22(3)42)35(4,5)27(37)17-29(38(26,40)9)50-34-32(46)31(45)30(44)25(49-34)18-47-21(2)41/h20,23-34,43-46H,10-19H2,1-9H3/t20-,23-,24+,25+,26+,27-,28+,29+,30+,31-,32+,33-,34-,37+,38-,39+,40+/m0/s1. The molecule has 7 rings (SSSR count). The van der Waals surface area contributed by atoms with Crippen molar-refractivity contribution in [1.29, 1.82) is 0 Å². The topological polar surface area (TPSA) is 165 Å². The van der Waals surface area contributed by atoms with Gasteiger partial charge in [-0.3, -0.25) is 9.59 Å². The largest absolute Gasteiger partial charge is 0.463 e. The van der Waals surface area contributed by atoms with E-state index in [1.54, 1.807) is 0 Å². The zero-order valence-electron chi connectivity index (χ0n) is 32.2. The maximum Gasteiger partial charge on any atom is 0.302 e. The van der Waals surface area contributed by atoms with E-state index in [0.717, 1.165) is 44.9 Å². The molecule has 0 radical (unpaired) electrons. The molecule has 0 unspecified atom stereocenters. The van der Waals surface area contributed by atoms with Gasteiger partial charge in [-0.2, -0.15) is 0 Å². The molecule has 0 bridgehead atoms. The van der Waals surface area contributed by atoms with Crippen molar-refractivity contribution >= 4 is 11.9 Å². The highest BCUT2D eigenvalue weighted by molar-refractivity contribution is 5.66. The van der Waals surface area contributed by atoms with E-state index in [1.165, 1.54) is 13.8 Å². The minimum atomic E-state index is -1.55. The average Bonchev–Trinajstić information content (AvgIpc) is 3.87. The molecule has 0 aromatic carbocycles. The maximum absolute atomic E-state index is 12.3. The Morgan fingerprint density at radius 3 is 2.18 bits per heavy atom. The molecule has 2 heterocycles. The number of hydrogen-bond donors (Lipinski definition) is 4. The highest BCUT2D eigenvalue weighted by Gasteiger charge is 2.85. The lowest BCUT2D eigenvalue weighted by atomic mass is 9.37. The van der Waals surface area contributed by atoms with Crippen LogP contribution in [0.5, 0.6) is 0 Å². The number of carbonyl (C=O) groups excluding carboxylic acids is 2. The lowest BCUT2D eigenvalue weighted by molar-refractivity contribution is -0.344. The third-order valence-electron chi connectivity index (χ3n) is 16.5.